The Hall–Kier alpha value is -2.43. The highest BCUT2D eigenvalue weighted by Crippen LogP contribution is 2.27. The third kappa shape index (κ3) is 3.57. The molecule has 2 aromatic rings. The number of hydrogen-bond donors (Lipinski definition) is 0. The van der Waals surface area contributed by atoms with Gasteiger partial charge in [0.25, 0.3) is 5.91 Å². The molecular formula is C21H26N4O. The lowest BCUT2D eigenvalue weighted by Gasteiger charge is -2.32. The van der Waals surface area contributed by atoms with Gasteiger partial charge in [0.15, 0.2) is 0 Å². The highest BCUT2D eigenvalue weighted by Gasteiger charge is 2.26. The Labute approximate surface area is 155 Å². The number of nitrogens with zero attached hydrogens (tertiary/aromatic N) is 4. The van der Waals surface area contributed by atoms with Gasteiger partial charge in [-0.3, -0.25) is 4.79 Å². The molecule has 3 heterocycles. The molecule has 0 bridgehead atoms. The van der Waals surface area contributed by atoms with Crippen molar-refractivity contribution in [2.24, 2.45) is 0 Å². The largest absolute Gasteiger partial charge is 0.372 e. The Morgan fingerprint density at radius 3 is 2.54 bits per heavy atom. The first-order valence-electron chi connectivity index (χ1n) is 9.64. The summed E-state index contributed by atoms with van der Waals surface area (Å²) >= 11 is 0. The van der Waals surface area contributed by atoms with Crippen LogP contribution in [0.25, 0.3) is 0 Å². The molecule has 1 aromatic carbocycles. The number of carbonyl (C=O) groups excluding carboxylic acids is 1. The second-order valence-electron chi connectivity index (χ2n) is 7.36. The van der Waals surface area contributed by atoms with Crippen LogP contribution in [0.15, 0.2) is 36.5 Å². The summed E-state index contributed by atoms with van der Waals surface area (Å²) in [5.41, 5.74) is 3.07. The van der Waals surface area contributed by atoms with Crippen LogP contribution < -0.4 is 4.90 Å². The van der Waals surface area contributed by atoms with Crippen molar-refractivity contribution >= 4 is 11.6 Å². The van der Waals surface area contributed by atoms with Crippen LogP contribution in [0.1, 0.15) is 53.5 Å². The summed E-state index contributed by atoms with van der Waals surface area (Å²) in [5.74, 6) is 1.23. The summed E-state index contributed by atoms with van der Waals surface area (Å²) in [6.45, 7) is 5.73. The molecule has 26 heavy (non-hydrogen) atoms. The van der Waals surface area contributed by atoms with Crippen LogP contribution in [0.4, 0.5) is 5.69 Å². The van der Waals surface area contributed by atoms with Gasteiger partial charge in [0.2, 0.25) is 0 Å². The van der Waals surface area contributed by atoms with Crippen molar-refractivity contribution in [1.82, 2.24) is 14.9 Å². The molecule has 2 aliphatic heterocycles. The lowest BCUT2D eigenvalue weighted by atomic mass is 9.94. The number of rotatable bonds is 3. The second kappa shape index (κ2) is 7.44. The molecule has 1 aromatic heterocycles. The molecule has 0 radical (unpaired) electrons. The minimum absolute atomic E-state index is 0.133. The number of aryl methyl sites for hydroxylation is 1. The van der Waals surface area contributed by atoms with E-state index in [0.29, 0.717) is 5.92 Å². The van der Waals surface area contributed by atoms with Crippen molar-refractivity contribution < 1.29 is 4.79 Å². The third-order valence-corrected chi connectivity index (χ3v) is 5.51. The van der Waals surface area contributed by atoms with E-state index in [4.69, 9.17) is 0 Å². The average Bonchev–Trinajstić information content (AvgIpc) is 3.22. The predicted molar refractivity (Wildman–Crippen MR) is 103 cm³/mol. The molecule has 2 aliphatic rings. The van der Waals surface area contributed by atoms with Gasteiger partial charge < -0.3 is 9.80 Å². The van der Waals surface area contributed by atoms with Crippen LogP contribution in [0.2, 0.25) is 0 Å². The predicted octanol–water partition coefficient (Wildman–Crippen LogP) is 3.41. The van der Waals surface area contributed by atoms with E-state index in [0.717, 1.165) is 56.1 Å². The molecule has 1 amide bonds. The van der Waals surface area contributed by atoms with E-state index < -0.39 is 0 Å². The van der Waals surface area contributed by atoms with E-state index in [1.165, 1.54) is 18.5 Å². The number of piperidine rings is 1. The molecule has 0 saturated carbocycles. The summed E-state index contributed by atoms with van der Waals surface area (Å²) < 4.78 is 0. The molecular weight excluding hydrogens is 324 g/mol. The van der Waals surface area contributed by atoms with Crippen molar-refractivity contribution in [1.29, 1.82) is 0 Å². The van der Waals surface area contributed by atoms with Crippen LogP contribution in [0.3, 0.4) is 0 Å². The molecule has 0 N–H and O–H groups in total. The van der Waals surface area contributed by atoms with Crippen molar-refractivity contribution in [2.75, 3.05) is 31.1 Å². The van der Waals surface area contributed by atoms with Gasteiger partial charge in [0.05, 0.1) is 0 Å². The highest BCUT2D eigenvalue weighted by atomic mass is 16.2. The number of amides is 1. The fourth-order valence-corrected chi connectivity index (χ4v) is 4.08. The van der Waals surface area contributed by atoms with Crippen LogP contribution in [0.5, 0.6) is 0 Å². The van der Waals surface area contributed by atoms with Crippen molar-refractivity contribution in [3.63, 3.8) is 0 Å². The molecule has 5 heteroatoms. The van der Waals surface area contributed by atoms with Gasteiger partial charge in [0, 0.05) is 55.2 Å². The van der Waals surface area contributed by atoms with Gasteiger partial charge >= 0.3 is 0 Å². The van der Waals surface area contributed by atoms with Gasteiger partial charge in [0.1, 0.15) is 5.82 Å². The van der Waals surface area contributed by atoms with Gasteiger partial charge in [-0.1, -0.05) is 0 Å². The highest BCUT2D eigenvalue weighted by molar-refractivity contribution is 5.94. The molecule has 5 nitrogen and oxygen atoms in total. The average molecular weight is 350 g/mol. The number of anilines is 1. The number of carbonyl (C=O) groups is 1. The Morgan fingerprint density at radius 1 is 1.04 bits per heavy atom. The van der Waals surface area contributed by atoms with Crippen molar-refractivity contribution in [2.45, 2.75) is 38.5 Å². The molecule has 0 unspecified atom stereocenters. The van der Waals surface area contributed by atoms with Crippen LogP contribution in [-0.2, 0) is 0 Å². The van der Waals surface area contributed by atoms with Gasteiger partial charge in [-0.15, -0.1) is 0 Å². The summed E-state index contributed by atoms with van der Waals surface area (Å²) in [6.07, 6.45) is 6.44. The minimum atomic E-state index is 0.133. The molecule has 4 rings (SSSR count). The van der Waals surface area contributed by atoms with Gasteiger partial charge in [-0.2, -0.15) is 0 Å². The van der Waals surface area contributed by atoms with Crippen LogP contribution in [0, 0.1) is 6.92 Å². The SMILES string of the molecule is Cc1nccc([C@H]2CCCN(C(=O)c3ccc(N4CCCC4)cc3)C2)n1. The van der Waals surface area contributed by atoms with E-state index in [1.54, 1.807) is 0 Å². The third-order valence-electron chi connectivity index (χ3n) is 5.51. The zero-order valence-electron chi connectivity index (χ0n) is 15.4. The topological polar surface area (TPSA) is 49.3 Å². The monoisotopic (exact) mass is 350 g/mol. The van der Waals surface area contributed by atoms with E-state index in [-0.39, 0.29) is 5.91 Å². The van der Waals surface area contributed by atoms with Crippen molar-refractivity contribution in [3.8, 4) is 0 Å². The van der Waals surface area contributed by atoms with E-state index in [1.807, 2.05) is 36.2 Å². The Bertz CT molecular complexity index is 768. The van der Waals surface area contributed by atoms with Crippen LogP contribution in [-0.4, -0.2) is 47.0 Å². The maximum atomic E-state index is 13.0. The number of hydrogen-bond acceptors (Lipinski definition) is 4. The minimum Gasteiger partial charge on any atom is -0.372 e. The smallest absolute Gasteiger partial charge is 0.253 e. The fraction of sp³-hybridized carbons (Fsp3) is 0.476. The Kier molecular flexibility index (Phi) is 4.87. The molecule has 0 aliphatic carbocycles. The zero-order chi connectivity index (χ0) is 17.9. The summed E-state index contributed by atoms with van der Waals surface area (Å²) in [6, 6.07) is 10.1. The van der Waals surface area contributed by atoms with Gasteiger partial charge in [-0.05, 0) is 62.9 Å². The summed E-state index contributed by atoms with van der Waals surface area (Å²) in [5, 5.41) is 0. The second-order valence-corrected chi connectivity index (χ2v) is 7.36. The lowest BCUT2D eigenvalue weighted by Crippen LogP contribution is -2.39. The molecule has 0 spiro atoms. The normalized spacial score (nSPS) is 20.4. The number of aromatic nitrogens is 2. The Balaban J connectivity index is 1.45. The molecule has 1 atom stereocenters. The first-order chi connectivity index (χ1) is 12.7. The fourth-order valence-electron chi connectivity index (χ4n) is 4.08. The number of benzene rings is 1. The molecule has 2 fully saturated rings. The van der Waals surface area contributed by atoms with Gasteiger partial charge in [-0.25, -0.2) is 9.97 Å². The van der Waals surface area contributed by atoms with Crippen LogP contribution >= 0.6 is 0 Å². The Morgan fingerprint density at radius 2 is 1.81 bits per heavy atom. The van der Waals surface area contributed by atoms with E-state index >= 15 is 0 Å². The summed E-state index contributed by atoms with van der Waals surface area (Å²) in [7, 11) is 0. The summed E-state index contributed by atoms with van der Waals surface area (Å²) in [4.78, 5) is 26.1. The van der Waals surface area contributed by atoms with E-state index in [2.05, 4.69) is 27.0 Å². The maximum Gasteiger partial charge on any atom is 0.253 e. The van der Waals surface area contributed by atoms with Crippen molar-refractivity contribution in [3.05, 3.63) is 53.6 Å². The standard InChI is InChI=1S/C21H26N4O/c1-16-22-11-10-20(23-16)18-5-4-14-25(15-18)21(26)17-6-8-19(9-7-17)24-12-2-3-13-24/h6-11,18H,2-5,12-15H2,1H3/t18-/m0/s1. The first kappa shape index (κ1) is 17.0. The zero-order valence-corrected chi connectivity index (χ0v) is 15.4. The lowest BCUT2D eigenvalue weighted by molar-refractivity contribution is 0.0706. The maximum absolute atomic E-state index is 13.0. The van der Waals surface area contributed by atoms with E-state index in [9.17, 15) is 4.79 Å². The first-order valence-corrected chi connectivity index (χ1v) is 9.64. The quantitative estimate of drug-likeness (QED) is 0.851. The molecule has 2 saturated heterocycles. The number of likely N-dealkylation sites (tertiary alicyclic amines) is 1. The molecule has 136 valence electrons.